The van der Waals surface area contributed by atoms with Gasteiger partial charge in [0.25, 0.3) is 0 Å². The summed E-state index contributed by atoms with van der Waals surface area (Å²) in [7, 11) is 0. The number of nitrogens with two attached hydrogens (primary N) is 2. The van der Waals surface area contributed by atoms with Crippen LogP contribution in [0.5, 0.6) is 5.75 Å². The highest BCUT2D eigenvalue weighted by Crippen LogP contribution is 2.35. The molecule has 8 nitrogen and oxygen atoms in total. The first-order chi connectivity index (χ1) is 14.5. The minimum Gasteiger partial charge on any atom is -0.491 e. The largest absolute Gasteiger partial charge is 0.491 e. The third kappa shape index (κ3) is 3.26. The quantitative estimate of drug-likeness (QED) is 0.508. The summed E-state index contributed by atoms with van der Waals surface area (Å²) in [6.45, 7) is 6.01. The van der Waals surface area contributed by atoms with Crippen LogP contribution in [0.2, 0.25) is 0 Å². The molecular formula is C21H21N7OS. The lowest BCUT2D eigenvalue weighted by atomic mass is 9.99. The molecule has 0 radical (unpaired) electrons. The fraction of sp³-hybridized carbons (Fsp3) is 0.238. The highest BCUT2D eigenvalue weighted by molar-refractivity contribution is 7.21. The number of hydrogen-bond acceptors (Lipinski definition) is 9. The molecular weight excluding hydrogens is 398 g/mol. The van der Waals surface area contributed by atoms with E-state index in [0.717, 1.165) is 49.7 Å². The summed E-state index contributed by atoms with van der Waals surface area (Å²) in [5, 5.41) is 0.524. The smallest absolute Gasteiger partial charge is 0.221 e. The molecule has 1 aliphatic rings. The van der Waals surface area contributed by atoms with Crippen molar-refractivity contribution in [2.45, 2.75) is 20.4 Å². The summed E-state index contributed by atoms with van der Waals surface area (Å²) in [4.78, 5) is 20.5. The second-order valence-electron chi connectivity index (χ2n) is 7.39. The van der Waals surface area contributed by atoms with Crippen molar-refractivity contribution >= 4 is 38.6 Å². The van der Waals surface area contributed by atoms with E-state index in [0.29, 0.717) is 24.8 Å². The van der Waals surface area contributed by atoms with Gasteiger partial charge >= 0.3 is 0 Å². The summed E-state index contributed by atoms with van der Waals surface area (Å²) in [6.07, 6.45) is 3.62. The minimum absolute atomic E-state index is 0.271. The number of aromatic nitrogens is 4. The number of aryl methyl sites for hydroxylation is 2. The van der Waals surface area contributed by atoms with Gasteiger partial charge in [0.15, 0.2) is 5.13 Å². The molecule has 0 aliphatic carbocycles. The number of fused-ring (bicyclic) bond motifs is 2. The Morgan fingerprint density at radius 2 is 1.87 bits per heavy atom. The molecule has 0 saturated heterocycles. The number of ether oxygens (including phenoxy) is 1. The van der Waals surface area contributed by atoms with Crippen LogP contribution in [0.15, 0.2) is 30.6 Å². The Morgan fingerprint density at radius 3 is 2.73 bits per heavy atom. The zero-order valence-electron chi connectivity index (χ0n) is 16.7. The van der Waals surface area contributed by atoms with Gasteiger partial charge in [0.2, 0.25) is 5.95 Å². The second-order valence-corrected chi connectivity index (χ2v) is 8.40. The summed E-state index contributed by atoms with van der Waals surface area (Å²) in [5.41, 5.74) is 17.7. The number of anilines is 3. The predicted molar refractivity (Wildman–Crippen MR) is 120 cm³/mol. The van der Waals surface area contributed by atoms with E-state index in [-0.39, 0.29) is 5.95 Å². The standard InChI is InChI=1S/C21H21N7OS/c1-11-5-13(14-7-16-19(24-9-14)30-21(23)26-16)6-15-10-28(3-4-29-17(11)15)18-12(2)8-25-20(22)27-18/h5-9H,3-4,10H2,1-2H3,(H2,23,26)(H2,22,25,27). The number of pyridine rings is 1. The van der Waals surface area contributed by atoms with E-state index in [2.05, 4.69) is 43.9 Å². The van der Waals surface area contributed by atoms with Crippen molar-refractivity contribution in [2.75, 3.05) is 29.5 Å². The summed E-state index contributed by atoms with van der Waals surface area (Å²) in [5.74, 6) is 2.03. The number of benzene rings is 1. The second kappa shape index (κ2) is 7.10. The molecule has 1 aromatic carbocycles. The van der Waals surface area contributed by atoms with Gasteiger partial charge in [-0.1, -0.05) is 11.3 Å². The van der Waals surface area contributed by atoms with Crippen molar-refractivity contribution in [3.05, 3.63) is 47.3 Å². The van der Waals surface area contributed by atoms with Crippen molar-refractivity contribution in [3.63, 3.8) is 0 Å². The average molecular weight is 420 g/mol. The van der Waals surface area contributed by atoms with Gasteiger partial charge in [0.05, 0.1) is 6.54 Å². The van der Waals surface area contributed by atoms with Crippen LogP contribution in [-0.2, 0) is 6.54 Å². The van der Waals surface area contributed by atoms with Crippen molar-refractivity contribution in [3.8, 4) is 16.9 Å². The number of nitrogens with zero attached hydrogens (tertiary/aromatic N) is 5. The van der Waals surface area contributed by atoms with Gasteiger partial charge in [-0.3, -0.25) is 0 Å². The molecule has 0 fully saturated rings. The van der Waals surface area contributed by atoms with E-state index in [4.69, 9.17) is 16.2 Å². The Bertz CT molecular complexity index is 1270. The van der Waals surface area contributed by atoms with Crippen LogP contribution in [0, 0.1) is 13.8 Å². The molecule has 0 spiro atoms. The molecule has 0 bridgehead atoms. The molecule has 30 heavy (non-hydrogen) atoms. The Hall–Kier alpha value is -3.46. The van der Waals surface area contributed by atoms with Crippen LogP contribution in [0.3, 0.4) is 0 Å². The van der Waals surface area contributed by atoms with Crippen LogP contribution in [0.25, 0.3) is 21.5 Å². The van der Waals surface area contributed by atoms with E-state index in [1.54, 1.807) is 6.20 Å². The Labute approximate surface area is 177 Å². The lowest BCUT2D eigenvalue weighted by molar-refractivity contribution is 0.329. The van der Waals surface area contributed by atoms with E-state index in [9.17, 15) is 0 Å². The molecule has 5 rings (SSSR count). The minimum atomic E-state index is 0.271. The van der Waals surface area contributed by atoms with Gasteiger partial charge in [-0.25, -0.2) is 15.0 Å². The SMILES string of the molecule is Cc1cnc(N)nc1N1CCOc2c(C)cc(-c3cnc4sc(N)nc4c3)cc2C1. The zero-order valence-corrected chi connectivity index (χ0v) is 17.5. The van der Waals surface area contributed by atoms with Crippen LogP contribution < -0.4 is 21.1 Å². The molecule has 1 aliphatic heterocycles. The van der Waals surface area contributed by atoms with Gasteiger partial charge in [-0.05, 0) is 43.2 Å². The monoisotopic (exact) mass is 419 g/mol. The first-order valence-electron chi connectivity index (χ1n) is 9.61. The number of thiazole rings is 1. The Balaban J connectivity index is 1.56. The van der Waals surface area contributed by atoms with Gasteiger partial charge in [-0.15, -0.1) is 0 Å². The van der Waals surface area contributed by atoms with E-state index in [1.807, 2.05) is 19.2 Å². The molecule has 3 aromatic heterocycles. The van der Waals surface area contributed by atoms with Crippen LogP contribution in [0.1, 0.15) is 16.7 Å². The summed E-state index contributed by atoms with van der Waals surface area (Å²) >= 11 is 1.39. The lowest BCUT2D eigenvalue weighted by Gasteiger charge is -2.23. The maximum atomic E-state index is 6.11. The third-order valence-corrected chi connectivity index (χ3v) is 5.99. The molecule has 0 saturated carbocycles. The van der Waals surface area contributed by atoms with E-state index < -0.39 is 0 Å². The van der Waals surface area contributed by atoms with Crippen molar-refractivity contribution in [1.29, 1.82) is 0 Å². The van der Waals surface area contributed by atoms with Crippen LogP contribution in [0.4, 0.5) is 16.9 Å². The predicted octanol–water partition coefficient (Wildman–Crippen LogP) is 3.33. The molecule has 0 unspecified atom stereocenters. The van der Waals surface area contributed by atoms with E-state index in [1.165, 1.54) is 11.3 Å². The summed E-state index contributed by atoms with van der Waals surface area (Å²) in [6, 6.07) is 6.31. The van der Waals surface area contributed by atoms with Gasteiger partial charge in [0, 0.05) is 35.6 Å². The first kappa shape index (κ1) is 18.6. The lowest BCUT2D eigenvalue weighted by Crippen LogP contribution is -2.27. The van der Waals surface area contributed by atoms with Crippen molar-refractivity contribution in [1.82, 2.24) is 19.9 Å². The van der Waals surface area contributed by atoms with Crippen LogP contribution in [-0.4, -0.2) is 33.1 Å². The number of rotatable bonds is 2. The molecule has 152 valence electrons. The Morgan fingerprint density at radius 1 is 1.00 bits per heavy atom. The van der Waals surface area contributed by atoms with Gasteiger partial charge in [0.1, 0.15) is 28.5 Å². The summed E-state index contributed by atoms with van der Waals surface area (Å²) < 4.78 is 6.11. The maximum absolute atomic E-state index is 6.11. The molecule has 4 N–H and O–H groups in total. The van der Waals surface area contributed by atoms with Crippen molar-refractivity contribution in [2.24, 2.45) is 0 Å². The average Bonchev–Trinajstić information content (AvgIpc) is 2.95. The van der Waals surface area contributed by atoms with Gasteiger partial charge < -0.3 is 21.1 Å². The Kier molecular flexibility index (Phi) is 4.39. The highest BCUT2D eigenvalue weighted by atomic mass is 32.1. The normalized spacial score (nSPS) is 13.7. The molecule has 0 amide bonds. The fourth-order valence-electron chi connectivity index (χ4n) is 3.83. The third-order valence-electron chi connectivity index (χ3n) is 5.18. The van der Waals surface area contributed by atoms with E-state index >= 15 is 0 Å². The molecule has 4 aromatic rings. The van der Waals surface area contributed by atoms with Crippen LogP contribution >= 0.6 is 11.3 Å². The number of nitrogen functional groups attached to an aromatic ring is 2. The van der Waals surface area contributed by atoms with Crippen molar-refractivity contribution < 1.29 is 4.74 Å². The molecule has 9 heteroatoms. The first-order valence-corrected chi connectivity index (χ1v) is 10.4. The topological polar surface area (TPSA) is 116 Å². The fourth-order valence-corrected chi connectivity index (χ4v) is 4.48. The van der Waals surface area contributed by atoms with Gasteiger partial charge in [-0.2, -0.15) is 4.98 Å². The maximum Gasteiger partial charge on any atom is 0.221 e. The number of hydrogen-bond donors (Lipinski definition) is 2. The zero-order chi connectivity index (χ0) is 20.8. The highest BCUT2D eigenvalue weighted by Gasteiger charge is 2.21. The molecule has 4 heterocycles. The molecule has 0 atom stereocenters.